The first kappa shape index (κ1) is 8.76. The molecule has 0 saturated heterocycles. The summed E-state index contributed by atoms with van der Waals surface area (Å²) in [6, 6.07) is 8.43. The molecule has 1 nitrogen and oxygen atoms in total. The highest BCUT2D eigenvalue weighted by Gasteiger charge is 1.91. The molecule has 12 heavy (non-hydrogen) atoms. The fourth-order valence-corrected chi connectivity index (χ4v) is 1.10. The summed E-state index contributed by atoms with van der Waals surface area (Å²) in [7, 11) is 0. The van der Waals surface area contributed by atoms with Crippen molar-refractivity contribution in [3.63, 3.8) is 0 Å². The van der Waals surface area contributed by atoms with E-state index in [1.54, 1.807) is 0 Å². The van der Waals surface area contributed by atoms with Crippen LogP contribution in [0.2, 0.25) is 0 Å². The Bertz CT molecular complexity index is 296. The van der Waals surface area contributed by atoms with E-state index in [1.807, 2.05) is 0 Å². The quantitative estimate of drug-likeness (QED) is 0.601. The third kappa shape index (κ3) is 2.37. The van der Waals surface area contributed by atoms with Crippen LogP contribution in [0.15, 0.2) is 35.8 Å². The van der Waals surface area contributed by atoms with Gasteiger partial charge in [0.1, 0.15) is 0 Å². The van der Waals surface area contributed by atoms with Crippen LogP contribution in [0, 0.1) is 0 Å². The molecule has 0 bridgehead atoms. The van der Waals surface area contributed by atoms with Crippen LogP contribution in [0.3, 0.4) is 0 Å². The van der Waals surface area contributed by atoms with E-state index in [0.717, 1.165) is 6.42 Å². The second kappa shape index (κ2) is 4.53. The highest BCUT2D eigenvalue weighted by atomic mass is 14.7. The topological polar surface area (TPSA) is 12.4 Å². The van der Waals surface area contributed by atoms with Gasteiger partial charge in [-0.2, -0.15) is 0 Å². The Morgan fingerprint density at radius 3 is 2.83 bits per heavy atom. The van der Waals surface area contributed by atoms with Crippen LogP contribution < -0.4 is 0 Å². The fraction of sp³-hybridized carbons (Fsp3) is 0.273. The molecule has 0 saturated carbocycles. The van der Waals surface area contributed by atoms with Gasteiger partial charge in [-0.15, -0.1) is 0 Å². The molecule has 0 spiro atoms. The lowest BCUT2D eigenvalue weighted by atomic mass is 10.1. The standard InChI is InChI=1S/C11H13N/c1-3-10-6-5-7-11(8-10)9-12-4-2/h5-8H,2-3,9H2,1H3. The van der Waals surface area contributed by atoms with E-state index in [1.165, 1.54) is 11.1 Å². The number of nitrogens with zero attached hydrogens (tertiary/aromatic N) is 1. The van der Waals surface area contributed by atoms with Crippen molar-refractivity contribution in [2.75, 3.05) is 0 Å². The van der Waals surface area contributed by atoms with Gasteiger partial charge in [0, 0.05) is 0 Å². The van der Waals surface area contributed by atoms with E-state index in [9.17, 15) is 0 Å². The maximum Gasteiger partial charge on any atom is 0.0734 e. The molecular formula is C11H13N. The predicted octanol–water partition coefficient (Wildman–Crippen LogP) is 2.60. The minimum Gasteiger partial charge on any atom is -0.239 e. The first-order valence-corrected chi connectivity index (χ1v) is 4.13. The normalized spacial score (nSPS) is 9.08. The van der Waals surface area contributed by atoms with Crippen molar-refractivity contribution >= 4 is 5.87 Å². The molecule has 0 aliphatic rings. The average molecular weight is 159 g/mol. The Balaban J connectivity index is 2.78. The molecule has 0 unspecified atom stereocenters. The molecule has 1 heteroatoms. The maximum atomic E-state index is 3.96. The van der Waals surface area contributed by atoms with E-state index >= 15 is 0 Å². The molecule has 62 valence electrons. The lowest BCUT2D eigenvalue weighted by Gasteiger charge is -1.98. The van der Waals surface area contributed by atoms with Crippen molar-refractivity contribution in [3.05, 3.63) is 42.0 Å². The minimum absolute atomic E-state index is 0.692. The largest absolute Gasteiger partial charge is 0.239 e. The zero-order valence-electron chi connectivity index (χ0n) is 7.38. The Kier molecular flexibility index (Phi) is 3.31. The van der Waals surface area contributed by atoms with Gasteiger partial charge in [-0.1, -0.05) is 31.2 Å². The Hall–Kier alpha value is -1.33. The molecule has 1 rings (SSSR count). The van der Waals surface area contributed by atoms with Gasteiger partial charge in [0.25, 0.3) is 0 Å². The summed E-state index contributed by atoms with van der Waals surface area (Å²) in [5.41, 5.74) is 2.58. The van der Waals surface area contributed by atoms with Gasteiger partial charge in [-0.25, -0.2) is 4.99 Å². The van der Waals surface area contributed by atoms with Crippen molar-refractivity contribution in [1.29, 1.82) is 0 Å². The minimum atomic E-state index is 0.692. The van der Waals surface area contributed by atoms with Gasteiger partial charge in [-0.05, 0) is 30.0 Å². The Morgan fingerprint density at radius 1 is 1.42 bits per heavy atom. The fourth-order valence-electron chi connectivity index (χ4n) is 1.10. The first-order chi connectivity index (χ1) is 5.86. The zero-order chi connectivity index (χ0) is 8.81. The monoisotopic (exact) mass is 159 g/mol. The van der Waals surface area contributed by atoms with E-state index in [-0.39, 0.29) is 0 Å². The van der Waals surface area contributed by atoms with Gasteiger partial charge in [0.2, 0.25) is 0 Å². The van der Waals surface area contributed by atoms with Crippen LogP contribution >= 0.6 is 0 Å². The summed E-state index contributed by atoms with van der Waals surface area (Å²) in [5.74, 6) is 2.53. The molecule has 0 aliphatic carbocycles. The summed E-state index contributed by atoms with van der Waals surface area (Å²) in [6.45, 7) is 6.27. The predicted molar refractivity (Wildman–Crippen MR) is 52.6 cm³/mol. The molecule has 0 amide bonds. The smallest absolute Gasteiger partial charge is 0.0734 e. The third-order valence-electron chi connectivity index (χ3n) is 1.77. The van der Waals surface area contributed by atoms with E-state index in [4.69, 9.17) is 0 Å². The first-order valence-electron chi connectivity index (χ1n) is 4.13. The van der Waals surface area contributed by atoms with E-state index in [2.05, 4.69) is 48.6 Å². The van der Waals surface area contributed by atoms with Crippen LogP contribution in [-0.2, 0) is 13.0 Å². The van der Waals surface area contributed by atoms with Crippen molar-refractivity contribution < 1.29 is 0 Å². The van der Waals surface area contributed by atoms with Gasteiger partial charge < -0.3 is 0 Å². The number of aryl methyl sites for hydroxylation is 1. The number of hydrogen-bond acceptors (Lipinski definition) is 1. The second-order valence-electron chi connectivity index (χ2n) is 2.65. The van der Waals surface area contributed by atoms with Crippen molar-refractivity contribution in [2.45, 2.75) is 19.9 Å². The highest BCUT2D eigenvalue weighted by Crippen LogP contribution is 2.06. The van der Waals surface area contributed by atoms with Crippen molar-refractivity contribution in [1.82, 2.24) is 0 Å². The summed E-state index contributed by atoms with van der Waals surface area (Å²) < 4.78 is 0. The van der Waals surface area contributed by atoms with Crippen LogP contribution in [0.25, 0.3) is 0 Å². The number of aliphatic imine (C=N–C) groups is 1. The summed E-state index contributed by atoms with van der Waals surface area (Å²) in [4.78, 5) is 3.96. The number of benzene rings is 1. The van der Waals surface area contributed by atoms with Crippen LogP contribution in [-0.4, -0.2) is 5.87 Å². The van der Waals surface area contributed by atoms with E-state index < -0.39 is 0 Å². The molecular weight excluding hydrogens is 146 g/mol. The van der Waals surface area contributed by atoms with E-state index in [0.29, 0.717) is 6.54 Å². The van der Waals surface area contributed by atoms with Gasteiger partial charge in [0.05, 0.1) is 6.54 Å². The van der Waals surface area contributed by atoms with Crippen LogP contribution in [0.1, 0.15) is 18.1 Å². The molecule has 0 aliphatic heterocycles. The molecule has 0 radical (unpaired) electrons. The van der Waals surface area contributed by atoms with Gasteiger partial charge in [-0.3, -0.25) is 0 Å². The SMILES string of the molecule is C=C=NCc1cccc(CC)c1. The highest BCUT2D eigenvalue weighted by molar-refractivity contribution is 5.46. The van der Waals surface area contributed by atoms with Gasteiger partial charge in [0.15, 0.2) is 0 Å². The lowest BCUT2D eigenvalue weighted by molar-refractivity contribution is 1.05. The number of rotatable bonds is 3. The molecule has 0 fully saturated rings. The maximum absolute atomic E-state index is 3.96. The molecule has 0 atom stereocenters. The Labute approximate surface area is 73.5 Å². The summed E-state index contributed by atoms with van der Waals surface area (Å²) >= 11 is 0. The Morgan fingerprint density at radius 2 is 2.17 bits per heavy atom. The molecule has 0 heterocycles. The molecule has 1 aromatic rings. The van der Waals surface area contributed by atoms with Crippen molar-refractivity contribution in [2.24, 2.45) is 4.99 Å². The van der Waals surface area contributed by atoms with Crippen LogP contribution in [0.5, 0.6) is 0 Å². The second-order valence-corrected chi connectivity index (χ2v) is 2.65. The molecule has 0 aromatic heterocycles. The van der Waals surface area contributed by atoms with Crippen molar-refractivity contribution in [3.8, 4) is 0 Å². The lowest BCUT2D eigenvalue weighted by Crippen LogP contribution is -1.84. The summed E-state index contributed by atoms with van der Waals surface area (Å²) in [5, 5.41) is 0. The summed E-state index contributed by atoms with van der Waals surface area (Å²) in [6.07, 6.45) is 1.08. The molecule has 1 aromatic carbocycles. The average Bonchev–Trinajstić information content (AvgIpc) is 2.15. The van der Waals surface area contributed by atoms with Gasteiger partial charge >= 0.3 is 0 Å². The molecule has 0 N–H and O–H groups in total. The van der Waals surface area contributed by atoms with Crippen LogP contribution in [0.4, 0.5) is 0 Å². The number of hydrogen-bond donors (Lipinski definition) is 0. The third-order valence-corrected chi connectivity index (χ3v) is 1.77. The zero-order valence-corrected chi connectivity index (χ0v) is 7.38.